The van der Waals surface area contributed by atoms with Gasteiger partial charge in [-0.3, -0.25) is 4.79 Å². The highest BCUT2D eigenvalue weighted by Gasteiger charge is 2.12. The van der Waals surface area contributed by atoms with E-state index in [0.29, 0.717) is 6.61 Å². The van der Waals surface area contributed by atoms with Gasteiger partial charge in [-0.15, -0.1) is 0 Å². The van der Waals surface area contributed by atoms with Crippen LogP contribution >= 0.6 is 0 Å². The van der Waals surface area contributed by atoms with Crippen LogP contribution in [0.15, 0.2) is 0 Å². The van der Waals surface area contributed by atoms with Crippen molar-refractivity contribution in [3.63, 3.8) is 0 Å². The molecule has 0 aliphatic carbocycles. The first kappa shape index (κ1) is 11.4. The Morgan fingerprint density at radius 2 is 2.00 bits per heavy atom. The summed E-state index contributed by atoms with van der Waals surface area (Å²) in [5.41, 5.74) is -0.132. The van der Waals surface area contributed by atoms with E-state index < -0.39 is 0 Å². The van der Waals surface area contributed by atoms with Crippen molar-refractivity contribution in [2.45, 2.75) is 46.3 Å². The minimum atomic E-state index is -0.132. The molecular formula is C9H19NO2. The molecule has 0 rings (SSSR count). The third-order valence-electron chi connectivity index (χ3n) is 1.22. The van der Waals surface area contributed by atoms with Gasteiger partial charge in [0.05, 0.1) is 12.2 Å². The quantitative estimate of drug-likeness (QED) is 0.699. The lowest BCUT2D eigenvalue weighted by Crippen LogP contribution is -2.36. The number of hydrogen-bond donors (Lipinski definition) is 1. The van der Waals surface area contributed by atoms with Crippen LogP contribution in [0.3, 0.4) is 0 Å². The zero-order chi connectivity index (χ0) is 9.78. The molecule has 0 aliphatic heterocycles. The summed E-state index contributed by atoms with van der Waals surface area (Å²) in [6, 6.07) is 0.0849. The standard InChI is InChI=1S/C9H19NO2/c1-7(10-8(2)11)6-12-9(3,4)5/h7H,6H2,1-5H3,(H,10,11). The summed E-state index contributed by atoms with van der Waals surface area (Å²) in [6.45, 7) is 9.97. The van der Waals surface area contributed by atoms with E-state index in [4.69, 9.17) is 4.74 Å². The zero-order valence-electron chi connectivity index (χ0n) is 8.60. The molecule has 0 saturated heterocycles. The topological polar surface area (TPSA) is 38.3 Å². The molecule has 1 N–H and O–H groups in total. The maximum atomic E-state index is 10.6. The highest BCUT2D eigenvalue weighted by Crippen LogP contribution is 2.06. The lowest BCUT2D eigenvalue weighted by Gasteiger charge is -2.22. The van der Waals surface area contributed by atoms with Crippen LogP contribution in [0.5, 0.6) is 0 Å². The molecule has 72 valence electrons. The van der Waals surface area contributed by atoms with Crippen molar-refractivity contribution < 1.29 is 9.53 Å². The molecule has 3 heteroatoms. The predicted molar refractivity (Wildman–Crippen MR) is 49.0 cm³/mol. The van der Waals surface area contributed by atoms with Crippen LogP contribution in [0.4, 0.5) is 0 Å². The zero-order valence-corrected chi connectivity index (χ0v) is 8.60. The summed E-state index contributed by atoms with van der Waals surface area (Å²) in [5.74, 6) is -0.0139. The second-order valence-electron chi connectivity index (χ2n) is 4.02. The summed E-state index contributed by atoms with van der Waals surface area (Å²) in [4.78, 5) is 10.6. The van der Waals surface area contributed by atoms with Gasteiger partial charge in [0.2, 0.25) is 5.91 Å². The Morgan fingerprint density at radius 3 is 2.33 bits per heavy atom. The maximum absolute atomic E-state index is 10.6. The van der Waals surface area contributed by atoms with Gasteiger partial charge in [0, 0.05) is 13.0 Å². The lowest BCUT2D eigenvalue weighted by atomic mass is 10.2. The molecular weight excluding hydrogens is 154 g/mol. The van der Waals surface area contributed by atoms with Crippen molar-refractivity contribution in [2.75, 3.05) is 6.61 Å². The molecule has 0 aromatic heterocycles. The average Bonchev–Trinajstić information content (AvgIpc) is 1.80. The van der Waals surface area contributed by atoms with Crippen LogP contribution in [0, 0.1) is 0 Å². The first-order valence-electron chi connectivity index (χ1n) is 4.22. The molecule has 0 heterocycles. The van der Waals surface area contributed by atoms with Crippen molar-refractivity contribution >= 4 is 5.91 Å². The number of carbonyl (C=O) groups excluding carboxylic acids is 1. The van der Waals surface area contributed by atoms with Gasteiger partial charge in [0.1, 0.15) is 0 Å². The molecule has 1 atom stereocenters. The highest BCUT2D eigenvalue weighted by molar-refractivity contribution is 5.73. The molecule has 0 spiro atoms. The SMILES string of the molecule is CC(=O)NC(C)COC(C)(C)C. The molecule has 0 fully saturated rings. The molecule has 0 aromatic carbocycles. The Kier molecular flexibility index (Phi) is 4.24. The Balaban J connectivity index is 3.57. The fourth-order valence-corrected chi connectivity index (χ4v) is 0.764. The van der Waals surface area contributed by atoms with Gasteiger partial charge in [-0.25, -0.2) is 0 Å². The Hall–Kier alpha value is -0.570. The lowest BCUT2D eigenvalue weighted by molar-refractivity contribution is -0.120. The first-order chi connectivity index (χ1) is 5.31. The highest BCUT2D eigenvalue weighted by atomic mass is 16.5. The van der Waals surface area contributed by atoms with Crippen LogP contribution in [0.1, 0.15) is 34.6 Å². The molecule has 1 amide bonds. The van der Waals surface area contributed by atoms with Crippen LogP contribution in [-0.4, -0.2) is 24.2 Å². The van der Waals surface area contributed by atoms with E-state index in [1.54, 1.807) is 0 Å². The fourth-order valence-electron chi connectivity index (χ4n) is 0.764. The van der Waals surface area contributed by atoms with Gasteiger partial charge in [-0.05, 0) is 27.7 Å². The molecule has 0 saturated carbocycles. The molecule has 0 aliphatic rings. The van der Waals surface area contributed by atoms with Gasteiger partial charge in [0.25, 0.3) is 0 Å². The summed E-state index contributed by atoms with van der Waals surface area (Å²) in [7, 11) is 0. The monoisotopic (exact) mass is 173 g/mol. The van der Waals surface area contributed by atoms with Crippen molar-refractivity contribution in [1.82, 2.24) is 5.32 Å². The molecule has 3 nitrogen and oxygen atoms in total. The largest absolute Gasteiger partial charge is 0.374 e. The van der Waals surface area contributed by atoms with Crippen LogP contribution in [-0.2, 0) is 9.53 Å². The number of carbonyl (C=O) groups is 1. The van der Waals surface area contributed by atoms with Gasteiger partial charge in [0.15, 0.2) is 0 Å². The maximum Gasteiger partial charge on any atom is 0.217 e. The van der Waals surface area contributed by atoms with Gasteiger partial charge < -0.3 is 10.1 Å². The second-order valence-corrected chi connectivity index (χ2v) is 4.02. The summed E-state index contributed by atoms with van der Waals surface area (Å²) >= 11 is 0. The van der Waals surface area contributed by atoms with E-state index in [2.05, 4.69) is 5.32 Å². The Morgan fingerprint density at radius 1 is 1.50 bits per heavy atom. The Labute approximate surface area is 74.5 Å². The van der Waals surface area contributed by atoms with Crippen LogP contribution in [0.2, 0.25) is 0 Å². The van der Waals surface area contributed by atoms with E-state index in [9.17, 15) is 4.79 Å². The van der Waals surface area contributed by atoms with Crippen LogP contribution in [0.25, 0.3) is 0 Å². The number of nitrogens with one attached hydrogen (secondary N) is 1. The smallest absolute Gasteiger partial charge is 0.217 e. The minimum absolute atomic E-state index is 0.0139. The third-order valence-corrected chi connectivity index (χ3v) is 1.22. The van der Waals surface area contributed by atoms with Crippen molar-refractivity contribution in [3.05, 3.63) is 0 Å². The molecule has 0 bridgehead atoms. The number of amides is 1. The number of rotatable bonds is 3. The van der Waals surface area contributed by atoms with Crippen LogP contribution < -0.4 is 5.32 Å². The van der Waals surface area contributed by atoms with Crippen molar-refractivity contribution in [1.29, 1.82) is 0 Å². The van der Waals surface area contributed by atoms with Gasteiger partial charge >= 0.3 is 0 Å². The summed E-state index contributed by atoms with van der Waals surface area (Å²) in [6.07, 6.45) is 0. The predicted octanol–water partition coefficient (Wildman–Crippen LogP) is 1.33. The Bertz CT molecular complexity index is 149. The van der Waals surface area contributed by atoms with E-state index in [0.717, 1.165) is 0 Å². The second kappa shape index (κ2) is 4.45. The first-order valence-corrected chi connectivity index (χ1v) is 4.22. The summed E-state index contributed by atoms with van der Waals surface area (Å²) < 4.78 is 5.48. The van der Waals surface area contributed by atoms with E-state index >= 15 is 0 Å². The average molecular weight is 173 g/mol. The van der Waals surface area contributed by atoms with Gasteiger partial charge in [-0.2, -0.15) is 0 Å². The molecule has 0 aromatic rings. The van der Waals surface area contributed by atoms with E-state index in [-0.39, 0.29) is 17.6 Å². The van der Waals surface area contributed by atoms with Gasteiger partial charge in [-0.1, -0.05) is 0 Å². The molecule has 0 radical (unpaired) electrons. The number of hydrogen-bond acceptors (Lipinski definition) is 2. The fraction of sp³-hybridized carbons (Fsp3) is 0.889. The summed E-state index contributed by atoms with van der Waals surface area (Å²) in [5, 5.41) is 2.75. The van der Waals surface area contributed by atoms with Crippen molar-refractivity contribution in [2.24, 2.45) is 0 Å². The molecule has 1 unspecified atom stereocenters. The van der Waals surface area contributed by atoms with E-state index in [1.165, 1.54) is 6.92 Å². The molecule has 12 heavy (non-hydrogen) atoms. The normalized spacial score (nSPS) is 14.1. The third kappa shape index (κ3) is 7.54. The number of ether oxygens (including phenoxy) is 1. The minimum Gasteiger partial charge on any atom is -0.374 e. The van der Waals surface area contributed by atoms with E-state index in [1.807, 2.05) is 27.7 Å². The van der Waals surface area contributed by atoms with Crippen molar-refractivity contribution in [3.8, 4) is 0 Å².